The van der Waals surface area contributed by atoms with Gasteiger partial charge in [0.05, 0.1) is 6.54 Å². The fourth-order valence-electron chi connectivity index (χ4n) is 4.08. The molecule has 0 saturated carbocycles. The van der Waals surface area contributed by atoms with Crippen molar-refractivity contribution in [3.63, 3.8) is 0 Å². The van der Waals surface area contributed by atoms with E-state index >= 15 is 0 Å². The highest BCUT2D eigenvalue weighted by Gasteiger charge is 2.26. The molecule has 0 spiro atoms. The number of rotatable bonds is 6. The third-order valence-corrected chi connectivity index (χ3v) is 5.77. The minimum Gasteiger partial charge on any atom is -0.372 e. The van der Waals surface area contributed by atoms with Gasteiger partial charge in [-0.1, -0.05) is 12.1 Å². The van der Waals surface area contributed by atoms with Crippen molar-refractivity contribution in [3.05, 3.63) is 29.8 Å². The van der Waals surface area contributed by atoms with Gasteiger partial charge in [0.25, 0.3) is 0 Å². The van der Waals surface area contributed by atoms with Crippen LogP contribution in [0.25, 0.3) is 0 Å². The quantitative estimate of drug-likeness (QED) is 0.827. The molecule has 1 aromatic carbocycles. The molecule has 2 aliphatic heterocycles. The molecular weight excluding hydrogens is 340 g/mol. The number of likely N-dealkylation sites (N-methyl/N-ethyl adjacent to an activating group) is 1. The predicted octanol–water partition coefficient (Wildman–Crippen LogP) is 1.83. The molecule has 0 aromatic heterocycles. The average Bonchev–Trinajstić information content (AvgIpc) is 2.69. The second kappa shape index (κ2) is 9.22. The zero-order valence-electron chi connectivity index (χ0n) is 16.4. The summed E-state index contributed by atoms with van der Waals surface area (Å²) in [7, 11) is 1.98. The third kappa shape index (κ3) is 5.45. The molecule has 3 rings (SSSR count). The Kier molecular flexibility index (Phi) is 6.72. The van der Waals surface area contributed by atoms with E-state index in [0.717, 1.165) is 19.6 Å². The number of primary amides is 1. The van der Waals surface area contributed by atoms with Gasteiger partial charge in [-0.2, -0.15) is 0 Å². The van der Waals surface area contributed by atoms with E-state index < -0.39 is 0 Å². The van der Waals surface area contributed by atoms with Crippen LogP contribution in [0.15, 0.2) is 24.3 Å². The van der Waals surface area contributed by atoms with Crippen LogP contribution in [0, 0.1) is 5.92 Å². The largest absolute Gasteiger partial charge is 0.372 e. The van der Waals surface area contributed by atoms with E-state index in [1.54, 1.807) is 0 Å². The lowest BCUT2D eigenvalue weighted by Crippen LogP contribution is -2.45. The number of nitrogens with zero attached hydrogens (tertiary/aromatic N) is 3. The van der Waals surface area contributed by atoms with Gasteiger partial charge in [0.1, 0.15) is 0 Å². The smallest absolute Gasteiger partial charge is 0.236 e. The minimum atomic E-state index is -0.243. The Labute approximate surface area is 162 Å². The Balaban J connectivity index is 1.45. The normalized spacial score (nSPS) is 18.7. The number of likely N-dealkylation sites (tertiary alicyclic amines) is 1. The van der Waals surface area contributed by atoms with Crippen LogP contribution in [0.3, 0.4) is 0 Å². The van der Waals surface area contributed by atoms with Crippen LogP contribution in [0.4, 0.5) is 5.69 Å². The highest BCUT2D eigenvalue weighted by molar-refractivity contribution is 5.80. The molecule has 2 fully saturated rings. The zero-order valence-corrected chi connectivity index (χ0v) is 16.4. The van der Waals surface area contributed by atoms with E-state index in [-0.39, 0.29) is 17.7 Å². The Bertz CT molecular complexity index is 632. The van der Waals surface area contributed by atoms with E-state index in [1.807, 2.05) is 11.9 Å². The lowest BCUT2D eigenvalue weighted by atomic mass is 9.96. The molecule has 2 amide bonds. The van der Waals surface area contributed by atoms with Crippen LogP contribution in [0.2, 0.25) is 0 Å². The topological polar surface area (TPSA) is 69.9 Å². The summed E-state index contributed by atoms with van der Waals surface area (Å²) in [6.45, 7) is 4.72. The van der Waals surface area contributed by atoms with Gasteiger partial charge in [0, 0.05) is 44.3 Å². The van der Waals surface area contributed by atoms with E-state index in [4.69, 9.17) is 5.73 Å². The summed E-state index contributed by atoms with van der Waals surface area (Å²) >= 11 is 0. The van der Waals surface area contributed by atoms with Crippen LogP contribution < -0.4 is 10.6 Å². The fraction of sp³-hybridized carbons (Fsp3) is 0.619. The van der Waals surface area contributed by atoms with Crippen molar-refractivity contribution in [2.24, 2.45) is 11.7 Å². The number of anilines is 1. The SMILES string of the molecule is CN(CC(=O)N1CCC(C(N)=O)CC1)Cc1ccc(N2CCCCC2)cc1. The number of piperidine rings is 2. The molecule has 2 heterocycles. The molecular formula is C21H32N4O2. The Morgan fingerprint density at radius 2 is 1.67 bits per heavy atom. The highest BCUT2D eigenvalue weighted by Crippen LogP contribution is 2.21. The van der Waals surface area contributed by atoms with Crippen molar-refractivity contribution in [2.45, 2.75) is 38.6 Å². The Hall–Kier alpha value is -2.08. The van der Waals surface area contributed by atoms with Gasteiger partial charge in [-0.15, -0.1) is 0 Å². The maximum absolute atomic E-state index is 12.5. The molecule has 0 radical (unpaired) electrons. The van der Waals surface area contributed by atoms with Gasteiger partial charge < -0.3 is 15.5 Å². The highest BCUT2D eigenvalue weighted by atomic mass is 16.2. The molecule has 0 aliphatic carbocycles. The van der Waals surface area contributed by atoms with Crippen LogP contribution >= 0.6 is 0 Å². The number of nitrogens with two attached hydrogens (primary N) is 1. The molecule has 148 valence electrons. The van der Waals surface area contributed by atoms with Crippen molar-refractivity contribution in [2.75, 3.05) is 44.7 Å². The number of carbonyl (C=O) groups excluding carboxylic acids is 2. The lowest BCUT2D eigenvalue weighted by molar-refractivity contribution is -0.135. The second-order valence-corrected chi connectivity index (χ2v) is 7.94. The maximum Gasteiger partial charge on any atom is 0.236 e. The maximum atomic E-state index is 12.5. The molecule has 2 aliphatic rings. The fourth-order valence-corrected chi connectivity index (χ4v) is 4.08. The Morgan fingerprint density at radius 3 is 2.26 bits per heavy atom. The summed E-state index contributed by atoms with van der Waals surface area (Å²) < 4.78 is 0. The van der Waals surface area contributed by atoms with Crippen molar-refractivity contribution in [1.29, 1.82) is 0 Å². The van der Waals surface area contributed by atoms with Crippen molar-refractivity contribution >= 4 is 17.5 Å². The first kappa shape index (κ1) is 19.7. The molecule has 6 nitrogen and oxygen atoms in total. The standard InChI is InChI=1S/C21H32N4O2/c1-23(16-20(26)25-13-9-18(10-14-25)21(22)27)15-17-5-7-19(8-6-17)24-11-3-2-4-12-24/h5-8,18H,2-4,9-16H2,1H3,(H2,22,27). The van der Waals surface area contributed by atoms with Crippen LogP contribution in [-0.2, 0) is 16.1 Å². The molecule has 0 bridgehead atoms. The number of hydrogen-bond acceptors (Lipinski definition) is 4. The van der Waals surface area contributed by atoms with E-state index in [2.05, 4.69) is 34.1 Å². The first-order chi connectivity index (χ1) is 13.0. The molecule has 27 heavy (non-hydrogen) atoms. The third-order valence-electron chi connectivity index (χ3n) is 5.77. The number of hydrogen-bond donors (Lipinski definition) is 1. The van der Waals surface area contributed by atoms with Crippen molar-refractivity contribution in [1.82, 2.24) is 9.80 Å². The van der Waals surface area contributed by atoms with Gasteiger partial charge in [-0.3, -0.25) is 14.5 Å². The molecule has 0 unspecified atom stereocenters. The van der Waals surface area contributed by atoms with Crippen LogP contribution in [0.1, 0.15) is 37.7 Å². The number of benzene rings is 1. The summed E-state index contributed by atoms with van der Waals surface area (Å²) in [5.41, 5.74) is 7.88. The molecule has 0 atom stereocenters. The monoisotopic (exact) mass is 372 g/mol. The number of amides is 2. The van der Waals surface area contributed by atoms with E-state index in [0.29, 0.717) is 32.5 Å². The summed E-state index contributed by atoms with van der Waals surface area (Å²) in [6.07, 6.45) is 5.27. The van der Waals surface area contributed by atoms with Crippen LogP contribution in [-0.4, -0.2) is 61.4 Å². The van der Waals surface area contributed by atoms with E-state index in [1.165, 1.54) is 30.5 Å². The van der Waals surface area contributed by atoms with Gasteiger partial charge in [0.2, 0.25) is 11.8 Å². The molecule has 1 aromatic rings. The van der Waals surface area contributed by atoms with Crippen LogP contribution in [0.5, 0.6) is 0 Å². The molecule has 6 heteroatoms. The predicted molar refractivity (Wildman–Crippen MR) is 107 cm³/mol. The first-order valence-electron chi connectivity index (χ1n) is 10.1. The van der Waals surface area contributed by atoms with Gasteiger partial charge >= 0.3 is 0 Å². The summed E-state index contributed by atoms with van der Waals surface area (Å²) in [4.78, 5) is 30.1. The average molecular weight is 373 g/mol. The summed E-state index contributed by atoms with van der Waals surface area (Å²) in [5.74, 6) is -0.192. The Morgan fingerprint density at radius 1 is 1.04 bits per heavy atom. The van der Waals surface area contributed by atoms with Gasteiger partial charge in [-0.25, -0.2) is 0 Å². The zero-order chi connectivity index (χ0) is 19.2. The van der Waals surface area contributed by atoms with E-state index in [9.17, 15) is 9.59 Å². The molecule has 2 N–H and O–H groups in total. The summed E-state index contributed by atoms with van der Waals surface area (Å²) in [6, 6.07) is 8.74. The van der Waals surface area contributed by atoms with Crippen molar-refractivity contribution in [3.8, 4) is 0 Å². The second-order valence-electron chi connectivity index (χ2n) is 7.94. The lowest BCUT2D eigenvalue weighted by Gasteiger charge is -2.32. The first-order valence-corrected chi connectivity index (χ1v) is 10.1. The van der Waals surface area contributed by atoms with Crippen molar-refractivity contribution < 1.29 is 9.59 Å². The molecule has 2 saturated heterocycles. The van der Waals surface area contributed by atoms with Gasteiger partial charge in [0.15, 0.2) is 0 Å². The summed E-state index contributed by atoms with van der Waals surface area (Å²) in [5, 5.41) is 0. The minimum absolute atomic E-state index is 0.0785. The number of carbonyl (C=O) groups is 2. The van der Waals surface area contributed by atoms with Gasteiger partial charge in [-0.05, 0) is 56.8 Å².